The monoisotopic (exact) mass is 386 g/mol. The van der Waals surface area contributed by atoms with Crippen LogP contribution in [0.3, 0.4) is 0 Å². The quantitative estimate of drug-likeness (QED) is 0.662. The van der Waals surface area contributed by atoms with Crippen LogP contribution in [-0.2, 0) is 16.1 Å². The van der Waals surface area contributed by atoms with Gasteiger partial charge in [-0.15, -0.1) is 11.3 Å². The van der Waals surface area contributed by atoms with Crippen molar-refractivity contribution in [3.63, 3.8) is 0 Å². The summed E-state index contributed by atoms with van der Waals surface area (Å²) in [5.41, 5.74) is 0.352. The second-order valence-electron chi connectivity index (χ2n) is 6.75. The van der Waals surface area contributed by atoms with Gasteiger partial charge in [0.25, 0.3) is 5.91 Å². The lowest BCUT2D eigenvalue weighted by Crippen LogP contribution is -2.36. The number of allylic oxidation sites excluding steroid dienone is 2. The van der Waals surface area contributed by atoms with Crippen molar-refractivity contribution in [2.75, 3.05) is 5.32 Å². The van der Waals surface area contributed by atoms with Crippen LogP contribution >= 0.6 is 11.3 Å². The molecule has 3 N–H and O–H groups in total. The number of carbonyl (C=O) groups excluding carboxylic acids is 2. The van der Waals surface area contributed by atoms with Gasteiger partial charge in [0.15, 0.2) is 0 Å². The van der Waals surface area contributed by atoms with E-state index in [0.29, 0.717) is 22.7 Å². The highest BCUT2D eigenvalue weighted by atomic mass is 32.1. The molecule has 0 spiro atoms. The number of hydrogen-bond acceptors (Lipinski definition) is 5. The van der Waals surface area contributed by atoms with Crippen LogP contribution in [0, 0.1) is 23.7 Å². The molecule has 2 bridgehead atoms. The van der Waals surface area contributed by atoms with Gasteiger partial charge in [0.1, 0.15) is 10.8 Å². The first-order valence-corrected chi connectivity index (χ1v) is 9.52. The second-order valence-corrected chi connectivity index (χ2v) is 7.67. The molecule has 7 nitrogen and oxygen atoms in total. The first-order valence-electron chi connectivity index (χ1n) is 8.64. The van der Waals surface area contributed by atoms with Crippen LogP contribution in [0.15, 0.2) is 46.4 Å². The standard InChI is InChI=1S/C19H18N2O5S/c22-16(20-9-12-2-1-6-26-12)13-5-7-27-18(13)21-17(23)14-10-3-4-11(8-10)15(14)19(24)25/h1-7,10-11,14-15H,8-9H2,(H,20,22)(H,21,23)(H,24,25)/t10-,11+,14-,15+/m0/s1. The summed E-state index contributed by atoms with van der Waals surface area (Å²) in [5.74, 6) is -2.48. The van der Waals surface area contributed by atoms with Crippen molar-refractivity contribution in [3.05, 3.63) is 53.3 Å². The predicted octanol–water partition coefficient (Wildman–Crippen LogP) is 2.73. The van der Waals surface area contributed by atoms with Crippen LogP contribution in [0.5, 0.6) is 0 Å². The molecule has 0 aliphatic heterocycles. The Morgan fingerprint density at radius 1 is 1.19 bits per heavy atom. The van der Waals surface area contributed by atoms with E-state index in [1.165, 1.54) is 17.6 Å². The number of carboxylic acids is 1. The van der Waals surface area contributed by atoms with Gasteiger partial charge in [-0.05, 0) is 41.8 Å². The summed E-state index contributed by atoms with van der Waals surface area (Å²) < 4.78 is 5.18. The number of fused-ring (bicyclic) bond motifs is 2. The fourth-order valence-corrected chi connectivity index (χ4v) is 4.76. The third-order valence-corrected chi connectivity index (χ3v) is 6.03. The zero-order valence-corrected chi connectivity index (χ0v) is 15.1. The van der Waals surface area contributed by atoms with E-state index in [-0.39, 0.29) is 30.2 Å². The van der Waals surface area contributed by atoms with Crippen LogP contribution in [0.4, 0.5) is 5.00 Å². The Bertz CT molecular complexity index is 901. The van der Waals surface area contributed by atoms with Crippen molar-refractivity contribution in [1.82, 2.24) is 5.32 Å². The maximum atomic E-state index is 12.8. The molecule has 4 rings (SSSR count). The van der Waals surface area contributed by atoms with Crippen LogP contribution in [-0.4, -0.2) is 22.9 Å². The van der Waals surface area contributed by atoms with Crippen molar-refractivity contribution in [2.24, 2.45) is 23.7 Å². The normalized spacial score (nSPS) is 25.5. The van der Waals surface area contributed by atoms with Gasteiger partial charge in [0, 0.05) is 0 Å². The maximum absolute atomic E-state index is 12.8. The maximum Gasteiger partial charge on any atom is 0.307 e. The molecule has 8 heteroatoms. The van der Waals surface area contributed by atoms with E-state index in [4.69, 9.17) is 4.42 Å². The zero-order chi connectivity index (χ0) is 19.0. The first-order chi connectivity index (χ1) is 13.0. The average molecular weight is 386 g/mol. The summed E-state index contributed by atoms with van der Waals surface area (Å²) in [6.07, 6.45) is 6.04. The predicted molar refractivity (Wildman–Crippen MR) is 98.2 cm³/mol. The Labute approximate surface area is 159 Å². The van der Waals surface area contributed by atoms with E-state index >= 15 is 0 Å². The number of carboxylic acid groups (broad SMARTS) is 1. The molecule has 2 aromatic rings. The van der Waals surface area contributed by atoms with Gasteiger partial charge in [-0.1, -0.05) is 12.2 Å². The van der Waals surface area contributed by atoms with Gasteiger partial charge in [-0.2, -0.15) is 0 Å². The minimum Gasteiger partial charge on any atom is -0.481 e. The summed E-state index contributed by atoms with van der Waals surface area (Å²) in [4.78, 5) is 36.8. The molecule has 0 saturated heterocycles. The number of amides is 2. The van der Waals surface area contributed by atoms with Crippen LogP contribution in [0.2, 0.25) is 0 Å². The molecule has 1 saturated carbocycles. The summed E-state index contributed by atoms with van der Waals surface area (Å²) >= 11 is 1.24. The Hall–Kier alpha value is -2.87. The number of nitrogens with one attached hydrogen (secondary N) is 2. The molecule has 4 atom stereocenters. The SMILES string of the molecule is O=C(NCc1ccco1)c1ccsc1NC(=O)[C@@H]1[C@H](C(=O)O)[C@@H]2C=C[C@H]1C2. The van der Waals surface area contributed by atoms with Gasteiger partial charge < -0.3 is 20.2 Å². The number of hydrogen-bond donors (Lipinski definition) is 3. The Kier molecular flexibility index (Phi) is 4.57. The number of thiophene rings is 1. The second kappa shape index (κ2) is 7.03. The minimum atomic E-state index is -0.949. The van der Waals surface area contributed by atoms with E-state index in [1.807, 2.05) is 12.2 Å². The van der Waals surface area contributed by atoms with Crippen molar-refractivity contribution in [3.8, 4) is 0 Å². The molecule has 2 aliphatic rings. The van der Waals surface area contributed by atoms with E-state index in [1.54, 1.807) is 23.6 Å². The number of carbonyl (C=O) groups is 3. The number of furan rings is 1. The summed E-state index contributed by atoms with van der Waals surface area (Å²) in [7, 11) is 0. The molecule has 27 heavy (non-hydrogen) atoms. The molecule has 1 fully saturated rings. The lowest BCUT2D eigenvalue weighted by Gasteiger charge is -2.23. The third kappa shape index (κ3) is 3.28. The molecule has 2 aromatic heterocycles. The number of anilines is 1. The minimum absolute atomic E-state index is 0.0627. The van der Waals surface area contributed by atoms with E-state index < -0.39 is 17.8 Å². The molecule has 0 unspecified atom stereocenters. The molecule has 2 aliphatic carbocycles. The summed E-state index contributed by atoms with van der Waals surface area (Å²) in [6.45, 7) is 0.243. The molecule has 0 radical (unpaired) electrons. The van der Waals surface area contributed by atoms with Gasteiger partial charge in [0.05, 0.1) is 30.2 Å². The van der Waals surface area contributed by atoms with Crippen molar-refractivity contribution >= 4 is 34.1 Å². The third-order valence-electron chi connectivity index (χ3n) is 5.20. The van der Waals surface area contributed by atoms with Crippen LogP contribution in [0.1, 0.15) is 22.5 Å². The van der Waals surface area contributed by atoms with E-state index in [0.717, 1.165) is 0 Å². The highest BCUT2D eigenvalue weighted by Gasteiger charge is 2.51. The Balaban J connectivity index is 1.45. The molecule has 0 aromatic carbocycles. The molecular weight excluding hydrogens is 368 g/mol. The van der Waals surface area contributed by atoms with Crippen LogP contribution in [0.25, 0.3) is 0 Å². The number of aliphatic carboxylic acids is 1. The smallest absolute Gasteiger partial charge is 0.307 e. The molecule has 2 amide bonds. The van der Waals surface area contributed by atoms with Gasteiger partial charge in [0.2, 0.25) is 5.91 Å². The summed E-state index contributed by atoms with van der Waals surface area (Å²) in [6, 6.07) is 5.12. The largest absolute Gasteiger partial charge is 0.481 e. The van der Waals surface area contributed by atoms with E-state index in [2.05, 4.69) is 10.6 Å². The van der Waals surface area contributed by atoms with Gasteiger partial charge >= 0.3 is 5.97 Å². The Morgan fingerprint density at radius 2 is 1.96 bits per heavy atom. The van der Waals surface area contributed by atoms with Gasteiger partial charge in [-0.25, -0.2) is 0 Å². The molecule has 140 valence electrons. The summed E-state index contributed by atoms with van der Waals surface area (Å²) in [5, 5.41) is 17.2. The van der Waals surface area contributed by atoms with Crippen molar-refractivity contribution < 1.29 is 23.9 Å². The van der Waals surface area contributed by atoms with Gasteiger partial charge in [-0.3, -0.25) is 14.4 Å². The average Bonchev–Trinajstić information content (AvgIpc) is 3.42. The first kappa shape index (κ1) is 17.5. The van der Waals surface area contributed by atoms with Crippen LogP contribution < -0.4 is 10.6 Å². The van der Waals surface area contributed by atoms with Crippen molar-refractivity contribution in [2.45, 2.75) is 13.0 Å². The lowest BCUT2D eigenvalue weighted by molar-refractivity contribution is -0.146. The highest BCUT2D eigenvalue weighted by molar-refractivity contribution is 7.14. The fourth-order valence-electron chi connectivity index (χ4n) is 3.97. The highest BCUT2D eigenvalue weighted by Crippen LogP contribution is 2.48. The Morgan fingerprint density at radius 3 is 2.67 bits per heavy atom. The van der Waals surface area contributed by atoms with E-state index in [9.17, 15) is 19.5 Å². The number of rotatable bonds is 6. The molecule has 2 heterocycles. The lowest BCUT2D eigenvalue weighted by atomic mass is 9.82. The fraction of sp³-hybridized carbons (Fsp3) is 0.316. The van der Waals surface area contributed by atoms with Crippen molar-refractivity contribution in [1.29, 1.82) is 0 Å². The topological polar surface area (TPSA) is 109 Å². The molecular formula is C19H18N2O5S. The zero-order valence-electron chi connectivity index (χ0n) is 14.3.